The van der Waals surface area contributed by atoms with Crippen molar-refractivity contribution in [3.05, 3.63) is 52.6 Å². The molecule has 0 spiro atoms. The van der Waals surface area contributed by atoms with E-state index in [2.05, 4.69) is 40.2 Å². The molecule has 2 aromatic carbocycles. The first-order valence-electron chi connectivity index (χ1n) is 11.9. The van der Waals surface area contributed by atoms with E-state index in [0.717, 1.165) is 47.2 Å². The summed E-state index contributed by atoms with van der Waals surface area (Å²) >= 11 is 1.53. The highest BCUT2D eigenvalue weighted by molar-refractivity contribution is 7.17. The number of carbonyl (C=O) groups excluding carboxylic acids is 1. The third kappa shape index (κ3) is 5.53. The van der Waals surface area contributed by atoms with Crippen LogP contribution < -0.4 is 4.74 Å². The van der Waals surface area contributed by atoms with E-state index in [9.17, 15) is 10.1 Å². The van der Waals surface area contributed by atoms with Crippen molar-refractivity contribution in [2.24, 2.45) is 0 Å². The number of nitrogens with zero attached hydrogens (tertiary/aromatic N) is 5. The monoisotopic (exact) mass is 489 g/mol. The average molecular weight is 490 g/mol. The van der Waals surface area contributed by atoms with Gasteiger partial charge < -0.3 is 9.64 Å². The molecule has 1 aliphatic rings. The second-order valence-corrected chi connectivity index (χ2v) is 10.3. The van der Waals surface area contributed by atoms with Crippen LogP contribution in [0.4, 0.5) is 0 Å². The van der Waals surface area contributed by atoms with Crippen molar-refractivity contribution in [1.82, 2.24) is 20.0 Å². The van der Waals surface area contributed by atoms with Gasteiger partial charge in [-0.1, -0.05) is 23.5 Å². The van der Waals surface area contributed by atoms with Crippen molar-refractivity contribution in [3.63, 3.8) is 0 Å². The number of ether oxygens (including phenoxy) is 1. The van der Waals surface area contributed by atoms with Crippen LogP contribution in [-0.4, -0.2) is 59.2 Å². The Bertz CT molecular complexity index is 1280. The minimum Gasteiger partial charge on any atom is -0.490 e. The maximum atomic E-state index is 12.0. The minimum absolute atomic E-state index is 0.000631. The number of hydrogen-bond donors (Lipinski definition) is 0. The molecule has 8 heteroatoms. The van der Waals surface area contributed by atoms with Crippen LogP contribution >= 0.6 is 11.3 Å². The highest BCUT2D eigenvalue weighted by Gasteiger charge is 2.22. The van der Waals surface area contributed by atoms with Crippen LogP contribution in [0.5, 0.6) is 5.75 Å². The van der Waals surface area contributed by atoms with Crippen LogP contribution in [0, 0.1) is 18.3 Å². The lowest BCUT2D eigenvalue weighted by Crippen LogP contribution is -2.34. The zero-order valence-corrected chi connectivity index (χ0v) is 21.8. The molecule has 0 N–H and O–H groups in total. The van der Waals surface area contributed by atoms with Crippen LogP contribution in [0.15, 0.2) is 30.3 Å². The fourth-order valence-electron chi connectivity index (χ4n) is 4.35. The van der Waals surface area contributed by atoms with Crippen LogP contribution in [0.1, 0.15) is 42.5 Å². The first kappa shape index (κ1) is 24.8. The van der Waals surface area contributed by atoms with Crippen molar-refractivity contribution in [2.45, 2.75) is 46.3 Å². The summed E-state index contributed by atoms with van der Waals surface area (Å²) in [5.41, 5.74) is 6.39. The van der Waals surface area contributed by atoms with Gasteiger partial charge in [0, 0.05) is 51.3 Å². The van der Waals surface area contributed by atoms with E-state index < -0.39 is 0 Å². The molecule has 0 aliphatic carbocycles. The fourth-order valence-corrected chi connectivity index (χ4v) is 5.28. The van der Waals surface area contributed by atoms with E-state index in [0.29, 0.717) is 17.7 Å². The molecule has 1 aliphatic heterocycles. The van der Waals surface area contributed by atoms with Crippen molar-refractivity contribution in [1.29, 1.82) is 5.26 Å². The van der Waals surface area contributed by atoms with Gasteiger partial charge in [0.25, 0.3) is 0 Å². The molecule has 4 rings (SSSR count). The first-order chi connectivity index (χ1) is 16.8. The standard InChI is InChI=1S/C27H31N5O2S/c1-17(2)34-24-9-7-19(14-21(24)15-28)26-29-30-27(35-26)23-8-6-20-16-32(12-10-22(20)18(23)3)13-11-25(33)31(4)5/h6-9,14,17H,10-13,16H2,1-5H3. The third-order valence-corrected chi connectivity index (χ3v) is 7.28. The van der Waals surface area contributed by atoms with E-state index in [1.807, 2.05) is 32.0 Å². The number of hydrogen-bond acceptors (Lipinski definition) is 7. The predicted molar refractivity (Wildman–Crippen MR) is 138 cm³/mol. The maximum absolute atomic E-state index is 12.0. The van der Waals surface area contributed by atoms with Crippen LogP contribution in [0.25, 0.3) is 21.1 Å². The van der Waals surface area contributed by atoms with Crippen molar-refractivity contribution >= 4 is 17.2 Å². The Morgan fingerprint density at radius 2 is 2.00 bits per heavy atom. The summed E-state index contributed by atoms with van der Waals surface area (Å²) in [6.45, 7) is 8.63. The first-order valence-corrected chi connectivity index (χ1v) is 12.7. The van der Waals surface area contributed by atoms with Gasteiger partial charge in [0.2, 0.25) is 5.91 Å². The summed E-state index contributed by atoms with van der Waals surface area (Å²) in [7, 11) is 3.60. The van der Waals surface area contributed by atoms with Gasteiger partial charge >= 0.3 is 0 Å². The summed E-state index contributed by atoms with van der Waals surface area (Å²) < 4.78 is 5.74. The van der Waals surface area contributed by atoms with Crippen molar-refractivity contribution < 1.29 is 9.53 Å². The normalized spacial score (nSPS) is 13.4. The number of aromatic nitrogens is 2. The second kappa shape index (κ2) is 10.5. The average Bonchev–Trinajstić information content (AvgIpc) is 3.32. The predicted octanol–water partition coefficient (Wildman–Crippen LogP) is 4.68. The van der Waals surface area contributed by atoms with Crippen molar-refractivity contribution in [3.8, 4) is 33.0 Å². The molecule has 2 heterocycles. The summed E-state index contributed by atoms with van der Waals surface area (Å²) in [5.74, 6) is 0.750. The zero-order chi connectivity index (χ0) is 25.1. The fraction of sp³-hybridized carbons (Fsp3) is 0.407. The number of rotatable bonds is 7. The largest absolute Gasteiger partial charge is 0.490 e. The van der Waals surface area contributed by atoms with Crippen LogP contribution in [0.2, 0.25) is 0 Å². The molecule has 1 amide bonds. The van der Waals surface area contributed by atoms with E-state index in [-0.39, 0.29) is 12.0 Å². The Labute approximate surface area is 211 Å². The van der Waals surface area contributed by atoms with Gasteiger partial charge in [-0.3, -0.25) is 9.69 Å². The van der Waals surface area contributed by atoms with E-state index in [1.165, 1.54) is 28.0 Å². The lowest BCUT2D eigenvalue weighted by atomic mass is 9.92. The van der Waals surface area contributed by atoms with E-state index in [4.69, 9.17) is 4.74 Å². The summed E-state index contributed by atoms with van der Waals surface area (Å²) in [6, 6.07) is 12.1. The van der Waals surface area contributed by atoms with Gasteiger partial charge in [-0.2, -0.15) is 5.26 Å². The lowest BCUT2D eigenvalue weighted by Gasteiger charge is -2.30. The van der Waals surface area contributed by atoms with Gasteiger partial charge in [0.05, 0.1) is 11.7 Å². The molecule has 0 radical (unpaired) electrons. The topological polar surface area (TPSA) is 82.4 Å². The molecule has 0 saturated carbocycles. The second-order valence-electron chi connectivity index (χ2n) is 9.34. The molecule has 3 aromatic rings. The molecular weight excluding hydrogens is 458 g/mol. The summed E-state index contributed by atoms with van der Waals surface area (Å²) in [6.07, 6.45) is 1.51. The Morgan fingerprint density at radius 3 is 2.71 bits per heavy atom. The molecule has 182 valence electrons. The highest BCUT2D eigenvalue weighted by Crippen LogP contribution is 2.36. The smallest absolute Gasteiger partial charge is 0.223 e. The minimum atomic E-state index is 0.000631. The maximum Gasteiger partial charge on any atom is 0.223 e. The lowest BCUT2D eigenvalue weighted by molar-refractivity contribution is -0.129. The van der Waals surface area contributed by atoms with Gasteiger partial charge in [0.1, 0.15) is 21.8 Å². The number of carbonyl (C=O) groups is 1. The zero-order valence-electron chi connectivity index (χ0n) is 21.0. The third-order valence-electron chi connectivity index (χ3n) is 6.27. The molecule has 0 bridgehead atoms. The molecule has 0 saturated heterocycles. The van der Waals surface area contributed by atoms with Crippen LogP contribution in [0.3, 0.4) is 0 Å². The summed E-state index contributed by atoms with van der Waals surface area (Å²) in [5, 5.41) is 20.1. The SMILES string of the molecule is Cc1c(-c2nnc(-c3ccc(OC(C)C)c(C#N)c3)s2)ccc2c1CCN(CCC(=O)N(C)C)C2. The number of fused-ring (bicyclic) bond motifs is 1. The van der Waals surface area contributed by atoms with Gasteiger partial charge in [-0.15, -0.1) is 10.2 Å². The molecule has 0 fully saturated rings. The van der Waals surface area contributed by atoms with E-state index in [1.54, 1.807) is 19.0 Å². The van der Waals surface area contributed by atoms with E-state index >= 15 is 0 Å². The van der Waals surface area contributed by atoms with Gasteiger partial charge in [-0.25, -0.2) is 0 Å². The van der Waals surface area contributed by atoms with Crippen LogP contribution in [-0.2, 0) is 17.8 Å². The molecule has 35 heavy (non-hydrogen) atoms. The Hall–Kier alpha value is -3.28. The number of benzene rings is 2. The molecule has 1 aromatic heterocycles. The molecular formula is C27H31N5O2S. The quantitative estimate of drug-likeness (QED) is 0.479. The molecule has 7 nitrogen and oxygen atoms in total. The highest BCUT2D eigenvalue weighted by atomic mass is 32.1. The Morgan fingerprint density at radius 1 is 1.23 bits per heavy atom. The summed E-state index contributed by atoms with van der Waals surface area (Å²) in [4.78, 5) is 16.0. The van der Waals surface area contributed by atoms with Gasteiger partial charge in [0.15, 0.2) is 0 Å². The Kier molecular flexibility index (Phi) is 7.48. The Balaban J connectivity index is 1.53. The number of amides is 1. The van der Waals surface area contributed by atoms with Gasteiger partial charge in [-0.05, 0) is 62.1 Å². The number of nitriles is 1. The van der Waals surface area contributed by atoms with Crippen molar-refractivity contribution in [2.75, 3.05) is 27.2 Å². The molecule has 0 atom stereocenters. The molecule has 0 unspecified atom stereocenters.